The fourth-order valence-corrected chi connectivity index (χ4v) is 6.87. The van der Waals surface area contributed by atoms with Crippen molar-refractivity contribution in [1.29, 1.82) is 0 Å². The second-order valence-corrected chi connectivity index (χ2v) is 14.8. The molecule has 0 amide bonds. The van der Waals surface area contributed by atoms with Crippen LogP contribution in [0, 0.1) is 33.0 Å². The SMILES string of the molecule is C=C(C)CC(C)(C)CC(C)(C)C[C@@H](CC(C)(C)CC(C)(C)CC(C)(C)C)C(=C)C. The highest BCUT2D eigenvalue weighted by Crippen LogP contribution is 2.48. The predicted octanol–water partition coefficient (Wildman–Crippen LogP) is 10.2. The van der Waals surface area contributed by atoms with Gasteiger partial charge in [0.15, 0.2) is 0 Å². The van der Waals surface area contributed by atoms with E-state index in [1.54, 1.807) is 0 Å². The van der Waals surface area contributed by atoms with Crippen LogP contribution in [0.25, 0.3) is 0 Å². The maximum atomic E-state index is 4.41. The zero-order valence-corrected chi connectivity index (χ0v) is 22.7. The van der Waals surface area contributed by atoms with Gasteiger partial charge in [-0.2, -0.15) is 0 Å². The quantitative estimate of drug-likeness (QED) is 0.284. The first kappa shape index (κ1) is 28.5. The normalized spacial score (nSPS) is 15.3. The van der Waals surface area contributed by atoms with E-state index in [1.807, 2.05) is 0 Å². The molecule has 0 aliphatic heterocycles. The monoisotopic (exact) mass is 404 g/mol. The zero-order valence-electron chi connectivity index (χ0n) is 22.7. The fourth-order valence-electron chi connectivity index (χ4n) is 6.87. The molecule has 0 aliphatic carbocycles. The molecule has 172 valence electrons. The molecule has 0 saturated carbocycles. The van der Waals surface area contributed by atoms with Gasteiger partial charge in [-0.3, -0.25) is 0 Å². The van der Waals surface area contributed by atoms with Gasteiger partial charge in [0.1, 0.15) is 0 Å². The lowest BCUT2D eigenvalue weighted by Gasteiger charge is -2.42. The largest absolute Gasteiger partial charge is 0.100 e. The van der Waals surface area contributed by atoms with E-state index in [0.717, 1.165) is 6.42 Å². The van der Waals surface area contributed by atoms with E-state index in [0.29, 0.717) is 33.0 Å². The molecule has 0 aromatic carbocycles. The summed E-state index contributed by atoms with van der Waals surface area (Å²) in [6, 6.07) is 0. The molecule has 0 N–H and O–H groups in total. The van der Waals surface area contributed by atoms with E-state index >= 15 is 0 Å². The topological polar surface area (TPSA) is 0 Å². The summed E-state index contributed by atoms with van der Waals surface area (Å²) in [5.41, 5.74) is 4.33. The van der Waals surface area contributed by atoms with Crippen molar-refractivity contribution < 1.29 is 0 Å². The van der Waals surface area contributed by atoms with E-state index in [1.165, 1.54) is 43.3 Å². The van der Waals surface area contributed by atoms with Crippen molar-refractivity contribution in [1.82, 2.24) is 0 Å². The fraction of sp³-hybridized carbons (Fsp3) is 0.862. The second kappa shape index (κ2) is 9.74. The Hall–Kier alpha value is -0.520. The molecule has 0 aromatic heterocycles. The van der Waals surface area contributed by atoms with Crippen LogP contribution in [0.1, 0.15) is 129 Å². The Balaban J connectivity index is 5.27. The van der Waals surface area contributed by atoms with E-state index < -0.39 is 0 Å². The standard InChI is InChI=1S/C29H56/c1-22(2)16-26(8,9)20-27(10,11)17-24(23(3)4)18-28(12,13)21-29(14,15)19-25(5,6)7/h24H,1,3,16-21H2,2,4-15H3/t24-/m0/s1. The number of rotatable bonds is 12. The summed E-state index contributed by atoms with van der Waals surface area (Å²) >= 11 is 0. The van der Waals surface area contributed by atoms with Crippen LogP contribution >= 0.6 is 0 Å². The minimum absolute atomic E-state index is 0.305. The molecule has 0 rings (SSSR count). The number of hydrogen-bond acceptors (Lipinski definition) is 0. The number of allylic oxidation sites excluding steroid dienone is 2. The smallest absolute Gasteiger partial charge is 0.0199 e. The average molecular weight is 405 g/mol. The molecule has 0 saturated heterocycles. The molecule has 0 radical (unpaired) electrons. The van der Waals surface area contributed by atoms with Crippen LogP contribution in [0.3, 0.4) is 0 Å². The van der Waals surface area contributed by atoms with Crippen molar-refractivity contribution in [2.75, 3.05) is 0 Å². The van der Waals surface area contributed by atoms with Crippen LogP contribution < -0.4 is 0 Å². The Morgan fingerprint density at radius 1 is 0.586 bits per heavy atom. The van der Waals surface area contributed by atoms with Crippen LogP contribution in [0.15, 0.2) is 24.3 Å². The van der Waals surface area contributed by atoms with Crippen LogP contribution in [0.2, 0.25) is 0 Å². The third-order valence-electron chi connectivity index (χ3n) is 6.00. The molecule has 0 unspecified atom stereocenters. The van der Waals surface area contributed by atoms with Gasteiger partial charge in [-0.1, -0.05) is 93.9 Å². The molecular weight excluding hydrogens is 348 g/mol. The summed E-state index contributed by atoms with van der Waals surface area (Å²) in [6.45, 7) is 39.7. The average Bonchev–Trinajstić information content (AvgIpc) is 2.27. The molecule has 0 heteroatoms. The lowest BCUT2D eigenvalue weighted by molar-refractivity contribution is 0.102. The minimum Gasteiger partial charge on any atom is -0.100 e. The van der Waals surface area contributed by atoms with Crippen molar-refractivity contribution in [3.63, 3.8) is 0 Å². The van der Waals surface area contributed by atoms with Crippen LogP contribution in [0.4, 0.5) is 0 Å². The first-order valence-electron chi connectivity index (χ1n) is 11.8. The van der Waals surface area contributed by atoms with Crippen LogP contribution in [-0.2, 0) is 0 Å². The summed E-state index contributed by atoms with van der Waals surface area (Å²) < 4.78 is 0. The minimum atomic E-state index is 0.305. The van der Waals surface area contributed by atoms with Gasteiger partial charge in [0.05, 0.1) is 0 Å². The molecule has 0 heterocycles. The van der Waals surface area contributed by atoms with Crippen molar-refractivity contribution in [2.24, 2.45) is 33.0 Å². The third-order valence-corrected chi connectivity index (χ3v) is 6.00. The Kier molecular flexibility index (Phi) is 9.56. The first-order chi connectivity index (χ1) is 12.5. The van der Waals surface area contributed by atoms with Crippen molar-refractivity contribution >= 4 is 0 Å². The van der Waals surface area contributed by atoms with Gasteiger partial charge in [-0.25, -0.2) is 0 Å². The summed E-state index contributed by atoms with van der Waals surface area (Å²) in [5, 5.41) is 0. The van der Waals surface area contributed by atoms with Gasteiger partial charge in [-0.15, -0.1) is 6.58 Å². The Bertz CT molecular complexity index is 545. The lowest BCUT2D eigenvalue weighted by atomic mass is 9.63. The first-order valence-corrected chi connectivity index (χ1v) is 11.8. The van der Waals surface area contributed by atoms with E-state index in [9.17, 15) is 0 Å². The summed E-state index contributed by atoms with van der Waals surface area (Å²) in [5.74, 6) is 0.589. The predicted molar refractivity (Wildman–Crippen MR) is 135 cm³/mol. The second-order valence-electron chi connectivity index (χ2n) is 14.8. The Morgan fingerprint density at radius 3 is 1.28 bits per heavy atom. The van der Waals surface area contributed by atoms with Crippen molar-refractivity contribution in [3.8, 4) is 0 Å². The molecule has 29 heavy (non-hydrogen) atoms. The molecule has 0 nitrogen and oxygen atoms in total. The van der Waals surface area contributed by atoms with Gasteiger partial charge in [0, 0.05) is 0 Å². The zero-order chi connectivity index (χ0) is 23.5. The van der Waals surface area contributed by atoms with E-state index in [-0.39, 0.29) is 0 Å². The molecule has 0 bridgehead atoms. The molecule has 0 aliphatic rings. The Labute approximate surface area is 186 Å². The van der Waals surface area contributed by atoms with Gasteiger partial charge < -0.3 is 0 Å². The molecule has 0 fully saturated rings. The van der Waals surface area contributed by atoms with Crippen LogP contribution in [-0.4, -0.2) is 0 Å². The van der Waals surface area contributed by atoms with Gasteiger partial charge >= 0.3 is 0 Å². The third kappa shape index (κ3) is 13.4. The van der Waals surface area contributed by atoms with Gasteiger partial charge in [0.2, 0.25) is 0 Å². The molecular formula is C29H56. The molecule has 0 aromatic rings. The van der Waals surface area contributed by atoms with Crippen molar-refractivity contribution in [2.45, 2.75) is 129 Å². The highest BCUT2D eigenvalue weighted by atomic mass is 14.4. The molecule has 0 spiro atoms. The van der Waals surface area contributed by atoms with Crippen LogP contribution in [0.5, 0.6) is 0 Å². The Morgan fingerprint density at radius 2 is 0.966 bits per heavy atom. The summed E-state index contributed by atoms with van der Waals surface area (Å²) in [4.78, 5) is 0. The van der Waals surface area contributed by atoms with Gasteiger partial charge in [-0.05, 0) is 85.4 Å². The van der Waals surface area contributed by atoms with E-state index in [4.69, 9.17) is 0 Å². The maximum absolute atomic E-state index is 4.41. The highest BCUT2D eigenvalue weighted by Gasteiger charge is 2.36. The summed E-state index contributed by atoms with van der Waals surface area (Å²) in [6.07, 6.45) is 7.34. The number of hydrogen-bond donors (Lipinski definition) is 0. The highest BCUT2D eigenvalue weighted by molar-refractivity contribution is 5.02. The van der Waals surface area contributed by atoms with Crippen molar-refractivity contribution in [3.05, 3.63) is 24.3 Å². The summed E-state index contributed by atoms with van der Waals surface area (Å²) in [7, 11) is 0. The van der Waals surface area contributed by atoms with Gasteiger partial charge in [0.25, 0.3) is 0 Å². The maximum Gasteiger partial charge on any atom is -0.0199 e. The molecule has 1 atom stereocenters. The lowest BCUT2D eigenvalue weighted by Crippen LogP contribution is -2.31. The van der Waals surface area contributed by atoms with E-state index in [2.05, 4.69) is 103 Å².